The van der Waals surface area contributed by atoms with Crippen molar-refractivity contribution in [1.29, 1.82) is 0 Å². The lowest BCUT2D eigenvalue weighted by Crippen LogP contribution is -2.52. The number of aromatic nitrogens is 3. The van der Waals surface area contributed by atoms with Gasteiger partial charge in [-0.05, 0) is 84.6 Å². The van der Waals surface area contributed by atoms with Crippen LogP contribution in [0.25, 0.3) is 11.3 Å². The summed E-state index contributed by atoms with van der Waals surface area (Å²) in [7, 11) is 0. The minimum Gasteiger partial charge on any atom is -0.324 e. The summed E-state index contributed by atoms with van der Waals surface area (Å²) in [5.74, 6) is -1.44. The minimum atomic E-state index is -0.735. The number of nitrogens with one attached hydrogen (secondary N) is 3. The smallest absolute Gasteiger partial charge is 0.255 e. The van der Waals surface area contributed by atoms with Gasteiger partial charge in [0.1, 0.15) is 11.9 Å². The number of piperazine rings is 1. The number of piperidine rings is 1. The third-order valence-corrected chi connectivity index (χ3v) is 10.5. The molecule has 2 saturated heterocycles. The normalized spacial score (nSPS) is 17.4. The largest absolute Gasteiger partial charge is 0.324 e. The van der Waals surface area contributed by atoms with Crippen LogP contribution in [0.15, 0.2) is 91.4 Å². The zero-order valence-electron chi connectivity index (χ0n) is 30.8. The van der Waals surface area contributed by atoms with Crippen molar-refractivity contribution in [3.63, 3.8) is 0 Å². The van der Waals surface area contributed by atoms with Crippen LogP contribution in [0.4, 0.5) is 21.7 Å². The van der Waals surface area contributed by atoms with Crippen LogP contribution in [-0.2, 0) is 29.2 Å². The Morgan fingerprint density at radius 2 is 1.71 bits per heavy atom. The van der Waals surface area contributed by atoms with Crippen LogP contribution >= 0.6 is 0 Å². The summed E-state index contributed by atoms with van der Waals surface area (Å²) in [6, 6.07) is 21.1. The highest BCUT2D eigenvalue weighted by Crippen LogP contribution is 2.30. The van der Waals surface area contributed by atoms with Crippen LogP contribution in [0.1, 0.15) is 55.8 Å². The van der Waals surface area contributed by atoms with Gasteiger partial charge in [0.25, 0.3) is 11.8 Å². The van der Waals surface area contributed by atoms with Gasteiger partial charge in [-0.2, -0.15) is 0 Å². The maximum atomic E-state index is 15.3. The Balaban J connectivity index is 0.825. The Kier molecular flexibility index (Phi) is 10.3. The topological polar surface area (TPSA) is 153 Å². The summed E-state index contributed by atoms with van der Waals surface area (Å²) in [5, 5.41) is 8.57. The number of amides is 4. The van der Waals surface area contributed by atoms with E-state index in [-0.39, 0.29) is 42.7 Å². The number of nitrogens with zero attached hydrogens (tertiary/aromatic N) is 6. The van der Waals surface area contributed by atoms with Gasteiger partial charge in [-0.3, -0.25) is 39.3 Å². The van der Waals surface area contributed by atoms with E-state index >= 15 is 4.39 Å². The summed E-state index contributed by atoms with van der Waals surface area (Å²) in [6.45, 7) is 6.38. The second kappa shape index (κ2) is 15.8. The molecule has 0 spiro atoms. The van der Waals surface area contributed by atoms with E-state index in [0.717, 1.165) is 60.8 Å². The Morgan fingerprint density at radius 3 is 2.46 bits per heavy atom. The summed E-state index contributed by atoms with van der Waals surface area (Å²) >= 11 is 0. The predicted octanol–water partition coefficient (Wildman–Crippen LogP) is 5.06. The highest BCUT2D eigenvalue weighted by atomic mass is 19.1. The lowest BCUT2D eigenvalue weighted by molar-refractivity contribution is -0.136. The van der Waals surface area contributed by atoms with Crippen molar-refractivity contribution in [2.75, 3.05) is 36.8 Å². The quantitative estimate of drug-likeness (QED) is 0.165. The fraction of sp³-hybridized carbons (Fsp3) is 0.262. The van der Waals surface area contributed by atoms with Gasteiger partial charge in [0.15, 0.2) is 0 Å². The molecule has 2 fully saturated rings. The number of carbonyl (C=O) groups is 4. The molecule has 4 amide bonds. The van der Waals surface area contributed by atoms with Crippen molar-refractivity contribution in [1.82, 2.24) is 35.0 Å². The third kappa shape index (κ3) is 8.02. The SMILES string of the molecule is Cc1ccc(NC(=O)c2ccc(CN3CCN(Cc4cc5c(cc4F)C(=O)N(C4CCC(=O)NC4=O)C5)CC3)cc2)cc1Nc1nccc(-c2cccnc2)n1. The van der Waals surface area contributed by atoms with Crippen molar-refractivity contribution < 1.29 is 23.6 Å². The first-order chi connectivity index (χ1) is 27.2. The first kappa shape index (κ1) is 36.6. The van der Waals surface area contributed by atoms with Crippen LogP contribution in [0, 0.1) is 12.7 Å². The van der Waals surface area contributed by atoms with Gasteiger partial charge in [0.05, 0.1) is 5.69 Å². The number of anilines is 3. The molecule has 5 aromatic rings. The molecule has 5 heterocycles. The van der Waals surface area contributed by atoms with E-state index in [9.17, 15) is 19.2 Å². The van der Waals surface area contributed by atoms with Gasteiger partial charge < -0.3 is 15.5 Å². The molecule has 14 heteroatoms. The van der Waals surface area contributed by atoms with Crippen molar-refractivity contribution in [3.05, 3.63) is 131 Å². The zero-order chi connectivity index (χ0) is 38.8. The van der Waals surface area contributed by atoms with E-state index in [4.69, 9.17) is 0 Å². The molecule has 3 aliphatic heterocycles. The number of pyridine rings is 1. The van der Waals surface area contributed by atoms with E-state index in [2.05, 4.69) is 40.7 Å². The van der Waals surface area contributed by atoms with Crippen LogP contribution in [0.5, 0.6) is 0 Å². The maximum absolute atomic E-state index is 15.3. The molecule has 1 unspecified atom stereocenters. The van der Waals surface area contributed by atoms with Gasteiger partial charge >= 0.3 is 0 Å². The van der Waals surface area contributed by atoms with Crippen LogP contribution in [0.2, 0.25) is 0 Å². The average Bonchev–Trinajstić information content (AvgIpc) is 3.51. The molecule has 0 saturated carbocycles. The van der Waals surface area contributed by atoms with Crippen LogP contribution in [-0.4, -0.2) is 85.5 Å². The number of hydrogen-bond acceptors (Lipinski definition) is 10. The monoisotopic (exact) mass is 753 g/mol. The molecular weight excluding hydrogens is 714 g/mol. The van der Waals surface area contributed by atoms with E-state index in [1.165, 1.54) is 11.0 Å². The predicted molar refractivity (Wildman–Crippen MR) is 207 cm³/mol. The Hall–Kier alpha value is -6.38. The maximum Gasteiger partial charge on any atom is 0.255 e. The number of fused-ring (bicyclic) bond motifs is 1. The molecule has 1 atom stereocenters. The number of rotatable bonds is 10. The van der Waals surface area contributed by atoms with Crippen molar-refractivity contribution in [3.8, 4) is 11.3 Å². The lowest BCUT2D eigenvalue weighted by atomic mass is 10.0. The van der Waals surface area contributed by atoms with Crippen LogP contribution in [0.3, 0.4) is 0 Å². The fourth-order valence-corrected chi connectivity index (χ4v) is 7.38. The third-order valence-electron chi connectivity index (χ3n) is 10.5. The van der Waals surface area contributed by atoms with Gasteiger partial charge in [0, 0.05) is 104 Å². The second-order valence-corrected chi connectivity index (χ2v) is 14.4. The molecule has 0 bridgehead atoms. The number of carbonyl (C=O) groups excluding carboxylic acids is 4. The minimum absolute atomic E-state index is 0.168. The molecule has 2 aromatic heterocycles. The standard InChI is InChI=1S/C42H40FN9O4/c1-26-4-9-32(20-36(26)48-42-45-14-12-35(47-42)29-3-2-13-44-22-29)46-39(54)28-7-5-27(6-8-28)23-50-15-17-51(18-16-50)24-31-19-30-25-52(41(56)33(30)21-34(31)43)37-10-11-38(53)49-40(37)55/h2-9,12-14,19-22,37H,10-11,15-18,23-25H2,1H3,(H,46,54)(H,45,47,48)(H,49,53,55). The number of halogens is 1. The van der Waals surface area contributed by atoms with E-state index in [0.29, 0.717) is 34.9 Å². The lowest BCUT2D eigenvalue weighted by Gasteiger charge is -2.34. The molecular formula is C42H40FN9O4. The summed E-state index contributed by atoms with van der Waals surface area (Å²) in [6.07, 6.45) is 5.58. The Bertz CT molecular complexity index is 2310. The molecule has 3 aliphatic rings. The molecule has 284 valence electrons. The average molecular weight is 754 g/mol. The summed E-state index contributed by atoms with van der Waals surface area (Å²) in [5.41, 5.74) is 7.12. The molecule has 3 aromatic carbocycles. The van der Waals surface area contributed by atoms with Crippen molar-refractivity contribution in [2.45, 2.75) is 45.4 Å². The summed E-state index contributed by atoms with van der Waals surface area (Å²) in [4.78, 5) is 69.4. The van der Waals surface area contributed by atoms with Gasteiger partial charge in [-0.15, -0.1) is 0 Å². The highest BCUT2D eigenvalue weighted by Gasteiger charge is 2.39. The number of benzene rings is 3. The van der Waals surface area contributed by atoms with Gasteiger partial charge in [-0.1, -0.05) is 18.2 Å². The first-order valence-electron chi connectivity index (χ1n) is 18.6. The van der Waals surface area contributed by atoms with E-state index < -0.39 is 17.8 Å². The number of hydrogen-bond donors (Lipinski definition) is 3. The van der Waals surface area contributed by atoms with Crippen molar-refractivity contribution in [2.24, 2.45) is 0 Å². The fourth-order valence-electron chi connectivity index (χ4n) is 7.38. The molecule has 8 rings (SSSR count). The van der Waals surface area contributed by atoms with E-state index in [1.54, 1.807) is 24.7 Å². The first-order valence-corrected chi connectivity index (χ1v) is 18.6. The molecule has 0 aliphatic carbocycles. The Morgan fingerprint density at radius 1 is 0.929 bits per heavy atom. The molecule has 0 radical (unpaired) electrons. The number of aryl methyl sites for hydroxylation is 1. The zero-order valence-corrected chi connectivity index (χ0v) is 30.8. The molecule has 56 heavy (non-hydrogen) atoms. The summed E-state index contributed by atoms with van der Waals surface area (Å²) < 4.78 is 15.3. The van der Waals surface area contributed by atoms with Gasteiger partial charge in [-0.25, -0.2) is 14.4 Å². The number of imide groups is 1. The second-order valence-electron chi connectivity index (χ2n) is 14.4. The molecule has 3 N–H and O–H groups in total. The van der Waals surface area contributed by atoms with Crippen LogP contribution < -0.4 is 16.0 Å². The Labute approximate surface area is 323 Å². The highest BCUT2D eigenvalue weighted by molar-refractivity contribution is 6.06. The molecule has 13 nitrogen and oxygen atoms in total. The van der Waals surface area contributed by atoms with Gasteiger partial charge in [0.2, 0.25) is 17.8 Å². The van der Waals surface area contributed by atoms with Crippen molar-refractivity contribution >= 4 is 41.0 Å². The van der Waals surface area contributed by atoms with E-state index in [1.807, 2.05) is 67.6 Å².